The number of ether oxygens (including phenoxy) is 4. The summed E-state index contributed by atoms with van der Waals surface area (Å²) in [6.45, 7) is 12.3. The Bertz CT molecular complexity index is 1380. The van der Waals surface area contributed by atoms with Crippen LogP contribution in [0.1, 0.15) is 115 Å². The first kappa shape index (κ1) is 34.1. The molecule has 4 heterocycles. The van der Waals surface area contributed by atoms with Gasteiger partial charge in [-0.3, -0.25) is 4.79 Å². The fraction of sp³-hybridized carbons (Fsp3) is 0.667. The molecule has 0 bridgehead atoms. The first-order chi connectivity index (χ1) is 21.9. The van der Waals surface area contributed by atoms with Crippen molar-refractivity contribution in [3.63, 3.8) is 0 Å². The highest BCUT2D eigenvalue weighted by molar-refractivity contribution is 5.91. The van der Waals surface area contributed by atoms with Crippen LogP contribution < -0.4 is 9.47 Å². The number of rotatable bonds is 11. The van der Waals surface area contributed by atoms with Crippen molar-refractivity contribution in [2.45, 2.75) is 129 Å². The van der Waals surface area contributed by atoms with Crippen LogP contribution in [0.25, 0.3) is 0 Å². The minimum Gasteiger partial charge on any atom is -0.481 e. The van der Waals surface area contributed by atoms with E-state index >= 15 is 0 Å². The van der Waals surface area contributed by atoms with Gasteiger partial charge in [0, 0.05) is 36.0 Å². The van der Waals surface area contributed by atoms with Gasteiger partial charge in [-0.15, -0.1) is 0 Å². The van der Waals surface area contributed by atoms with E-state index < -0.39 is 41.1 Å². The van der Waals surface area contributed by atoms with Crippen LogP contribution >= 0.6 is 0 Å². The summed E-state index contributed by atoms with van der Waals surface area (Å²) in [5, 5.41) is 11.2. The number of nitrogens with zero attached hydrogens (tertiary/aromatic N) is 3. The third-order valence-corrected chi connectivity index (χ3v) is 10.0. The molecule has 0 spiro atoms. The minimum atomic E-state index is -1.59. The first-order valence-corrected chi connectivity index (χ1v) is 16.9. The van der Waals surface area contributed by atoms with Gasteiger partial charge in [0.2, 0.25) is 11.8 Å². The fourth-order valence-electron chi connectivity index (χ4n) is 7.82. The Morgan fingerprint density at radius 3 is 2.46 bits per heavy atom. The van der Waals surface area contributed by atoms with Gasteiger partial charge < -0.3 is 29.0 Å². The molecule has 1 saturated carbocycles. The van der Waals surface area contributed by atoms with Gasteiger partial charge >= 0.3 is 5.97 Å². The Hall–Kier alpha value is -3.24. The third kappa shape index (κ3) is 6.35. The Morgan fingerprint density at radius 1 is 1.13 bits per heavy atom. The van der Waals surface area contributed by atoms with Gasteiger partial charge in [0.25, 0.3) is 5.91 Å². The van der Waals surface area contributed by atoms with Gasteiger partial charge in [-0.25, -0.2) is 14.8 Å². The number of aromatic nitrogens is 2. The summed E-state index contributed by atoms with van der Waals surface area (Å²) in [7, 11) is 1.59. The highest BCUT2D eigenvalue weighted by Gasteiger charge is 2.68. The molecule has 2 saturated heterocycles. The number of likely N-dealkylation sites (tertiary alicyclic amines) is 1. The predicted octanol–water partition coefficient (Wildman–Crippen LogP) is 6.47. The molecule has 5 atom stereocenters. The van der Waals surface area contributed by atoms with Gasteiger partial charge in [0.1, 0.15) is 11.6 Å². The average molecular weight is 638 g/mol. The van der Waals surface area contributed by atoms with Gasteiger partial charge in [-0.2, -0.15) is 0 Å². The van der Waals surface area contributed by atoms with Crippen LogP contribution in [-0.2, 0) is 25.7 Å². The van der Waals surface area contributed by atoms with Crippen LogP contribution in [0.2, 0.25) is 0 Å². The van der Waals surface area contributed by atoms with E-state index in [2.05, 4.69) is 16.0 Å². The zero-order valence-corrected chi connectivity index (χ0v) is 28.5. The summed E-state index contributed by atoms with van der Waals surface area (Å²) in [5.41, 5.74) is 0.384. The van der Waals surface area contributed by atoms with E-state index in [1.807, 2.05) is 53.8 Å². The summed E-state index contributed by atoms with van der Waals surface area (Å²) in [6, 6.07) is 4.97. The number of hydrogen-bond acceptors (Lipinski definition) is 8. The van der Waals surface area contributed by atoms with Crippen molar-refractivity contribution in [2.75, 3.05) is 13.7 Å². The summed E-state index contributed by atoms with van der Waals surface area (Å²) >= 11 is 0. The topological polar surface area (TPSA) is 120 Å². The quantitative estimate of drug-likeness (QED) is 0.295. The van der Waals surface area contributed by atoms with Crippen molar-refractivity contribution >= 4 is 11.9 Å². The number of pyridine rings is 2. The normalized spacial score (nSPS) is 27.0. The zero-order valence-electron chi connectivity index (χ0n) is 28.5. The van der Waals surface area contributed by atoms with E-state index in [-0.39, 0.29) is 25.0 Å². The molecule has 1 N–H and O–H groups in total. The van der Waals surface area contributed by atoms with Crippen molar-refractivity contribution in [3.8, 4) is 11.8 Å². The Kier molecular flexibility index (Phi) is 10.3. The second-order valence-electron chi connectivity index (χ2n) is 14.3. The van der Waals surface area contributed by atoms with E-state index in [9.17, 15) is 14.7 Å². The molecule has 2 aliphatic heterocycles. The summed E-state index contributed by atoms with van der Waals surface area (Å²) < 4.78 is 24.8. The molecular formula is C36H51N3O7. The predicted molar refractivity (Wildman–Crippen MR) is 173 cm³/mol. The molecule has 3 aliphatic rings. The number of carboxylic acids is 1. The summed E-state index contributed by atoms with van der Waals surface area (Å²) in [6.07, 6.45) is 7.73. The Morgan fingerprint density at radius 2 is 1.89 bits per heavy atom. The molecule has 46 heavy (non-hydrogen) atoms. The Balaban J connectivity index is 1.69. The van der Waals surface area contributed by atoms with Gasteiger partial charge in [-0.1, -0.05) is 34.1 Å². The molecule has 0 aromatic carbocycles. The highest BCUT2D eigenvalue weighted by atomic mass is 16.5. The molecule has 1 unspecified atom stereocenters. The number of carbonyl (C=O) groups excluding carboxylic acids is 1. The number of carboxylic acid groups (broad SMARTS) is 1. The highest BCUT2D eigenvalue weighted by Crippen LogP contribution is 2.57. The van der Waals surface area contributed by atoms with E-state index in [0.717, 1.165) is 36.8 Å². The van der Waals surface area contributed by atoms with Crippen molar-refractivity contribution in [1.82, 2.24) is 14.9 Å². The number of methoxy groups -OCH3 is 1. The molecule has 2 aromatic heterocycles. The van der Waals surface area contributed by atoms with E-state index in [1.54, 1.807) is 24.3 Å². The Labute approximate surface area is 273 Å². The monoisotopic (exact) mass is 637 g/mol. The maximum atomic E-state index is 14.7. The van der Waals surface area contributed by atoms with Crippen LogP contribution in [0.3, 0.4) is 0 Å². The minimum absolute atomic E-state index is 0.131. The van der Waals surface area contributed by atoms with Crippen LogP contribution in [0.4, 0.5) is 0 Å². The third-order valence-electron chi connectivity index (χ3n) is 10.0. The lowest BCUT2D eigenvalue weighted by atomic mass is 9.66. The second kappa shape index (κ2) is 13.9. The molecular weight excluding hydrogens is 586 g/mol. The molecule has 2 aromatic rings. The molecule has 10 nitrogen and oxygen atoms in total. The lowest BCUT2D eigenvalue weighted by Crippen LogP contribution is -2.61. The number of amides is 1. The first-order valence-electron chi connectivity index (χ1n) is 16.9. The lowest BCUT2D eigenvalue weighted by molar-refractivity contribution is -0.170. The van der Waals surface area contributed by atoms with Crippen molar-refractivity contribution in [2.24, 2.45) is 11.3 Å². The smallest absolute Gasteiger partial charge is 0.330 e. The largest absolute Gasteiger partial charge is 0.481 e. The second-order valence-corrected chi connectivity index (χ2v) is 14.3. The molecule has 5 rings (SSSR count). The zero-order chi connectivity index (χ0) is 33.2. The van der Waals surface area contributed by atoms with Crippen molar-refractivity contribution < 1.29 is 33.6 Å². The molecule has 1 amide bonds. The van der Waals surface area contributed by atoms with Crippen LogP contribution in [-0.4, -0.2) is 69.4 Å². The molecule has 3 fully saturated rings. The van der Waals surface area contributed by atoms with E-state index in [1.165, 1.54) is 6.42 Å². The van der Waals surface area contributed by atoms with Crippen LogP contribution in [0, 0.1) is 11.3 Å². The molecule has 10 heteroatoms. The SMILES string of the molecule is CC[C@@]1(C(=O)O)[C@@H](C(C)(C)C)[C@H](OCc2cc(C3CCC3)cnc2OC)[C@H](c2cccnc2OC(C)C)N1C(=O)C1CCCCO1. The van der Waals surface area contributed by atoms with Crippen molar-refractivity contribution in [3.05, 3.63) is 47.3 Å². The standard InChI is InChI=1S/C36H51N3O7/c1-8-36(34(41)42)30(35(4,5)6)29(45-21-25-19-24(23-13-11-14-23)20-38-31(25)43-7)28(26-15-12-17-37-32(26)46-22(2)3)39(36)33(40)27-16-9-10-18-44-27/h12,15,17,19-20,22-23,27-30H,8-11,13-14,16,18,21H2,1-7H3,(H,41,42)/t27?,28-,29+,30+,36-/m0/s1. The molecule has 0 radical (unpaired) electrons. The molecule has 252 valence electrons. The maximum absolute atomic E-state index is 14.7. The maximum Gasteiger partial charge on any atom is 0.330 e. The molecule has 1 aliphatic carbocycles. The van der Waals surface area contributed by atoms with Crippen molar-refractivity contribution in [1.29, 1.82) is 0 Å². The van der Waals surface area contributed by atoms with Crippen LogP contribution in [0.5, 0.6) is 11.8 Å². The number of hydrogen-bond donors (Lipinski definition) is 1. The van der Waals surface area contributed by atoms with E-state index in [0.29, 0.717) is 36.3 Å². The lowest BCUT2D eigenvalue weighted by Gasteiger charge is -2.45. The fourth-order valence-corrected chi connectivity index (χ4v) is 7.82. The summed E-state index contributed by atoms with van der Waals surface area (Å²) in [5.74, 6) is -0.709. The van der Waals surface area contributed by atoms with Gasteiger partial charge in [0.15, 0.2) is 0 Å². The van der Waals surface area contributed by atoms with Crippen LogP contribution in [0.15, 0.2) is 30.6 Å². The van der Waals surface area contributed by atoms with E-state index in [4.69, 9.17) is 18.9 Å². The van der Waals surface area contributed by atoms with Gasteiger partial charge in [0.05, 0.1) is 32.0 Å². The number of carbonyl (C=O) groups is 2. The summed E-state index contributed by atoms with van der Waals surface area (Å²) in [4.78, 5) is 39.3. The van der Waals surface area contributed by atoms with Gasteiger partial charge in [-0.05, 0) is 87.5 Å². The number of aliphatic carboxylic acids is 1. The average Bonchev–Trinajstić information content (AvgIpc) is 3.31.